The van der Waals surface area contributed by atoms with Crippen LogP contribution in [0.5, 0.6) is 11.5 Å². The Morgan fingerprint density at radius 2 is 1.92 bits per heavy atom. The summed E-state index contributed by atoms with van der Waals surface area (Å²) in [6.45, 7) is 1.87. The van der Waals surface area contributed by atoms with E-state index in [0.717, 1.165) is 37.4 Å². The first-order chi connectivity index (χ1) is 12.1. The second-order valence-electron chi connectivity index (χ2n) is 6.30. The quantitative estimate of drug-likeness (QED) is 0.877. The maximum absolute atomic E-state index is 11.2. The minimum Gasteiger partial charge on any atom is -0.497 e. The number of amides is 1. The van der Waals surface area contributed by atoms with Gasteiger partial charge in [-0.2, -0.15) is 0 Å². The van der Waals surface area contributed by atoms with Gasteiger partial charge in [-0.25, -0.2) is 0 Å². The summed E-state index contributed by atoms with van der Waals surface area (Å²) in [4.78, 5) is 13.7. The van der Waals surface area contributed by atoms with Crippen molar-refractivity contribution in [2.75, 3.05) is 20.8 Å². The summed E-state index contributed by atoms with van der Waals surface area (Å²) in [5.41, 5.74) is 8.21. The molecule has 1 atom stereocenters. The molecule has 1 aliphatic heterocycles. The number of ether oxygens (including phenoxy) is 2. The highest BCUT2D eigenvalue weighted by Gasteiger charge is 2.28. The molecule has 25 heavy (non-hydrogen) atoms. The molecule has 1 unspecified atom stereocenters. The normalized spacial score (nSPS) is 17.4. The van der Waals surface area contributed by atoms with Gasteiger partial charge >= 0.3 is 0 Å². The Balaban J connectivity index is 1.79. The number of methoxy groups -OCH3 is 2. The van der Waals surface area contributed by atoms with Gasteiger partial charge in [0.15, 0.2) is 0 Å². The van der Waals surface area contributed by atoms with Crippen molar-refractivity contribution in [1.29, 1.82) is 0 Å². The molecular formula is C20H24N2O3. The molecule has 5 heteroatoms. The van der Waals surface area contributed by atoms with Crippen molar-refractivity contribution in [3.63, 3.8) is 0 Å². The summed E-state index contributed by atoms with van der Waals surface area (Å²) in [6, 6.07) is 13.9. The van der Waals surface area contributed by atoms with Crippen LogP contribution in [0.4, 0.5) is 0 Å². The van der Waals surface area contributed by atoms with Crippen LogP contribution in [0.3, 0.4) is 0 Å². The zero-order chi connectivity index (χ0) is 17.8. The van der Waals surface area contributed by atoms with Gasteiger partial charge in [0, 0.05) is 29.8 Å². The second-order valence-corrected chi connectivity index (χ2v) is 6.30. The van der Waals surface area contributed by atoms with Gasteiger partial charge in [-0.1, -0.05) is 18.2 Å². The number of carbonyl (C=O) groups is 1. The molecule has 0 aliphatic carbocycles. The highest BCUT2D eigenvalue weighted by atomic mass is 16.5. The fourth-order valence-corrected chi connectivity index (χ4v) is 3.47. The van der Waals surface area contributed by atoms with E-state index >= 15 is 0 Å². The molecule has 1 saturated heterocycles. The third-order valence-electron chi connectivity index (χ3n) is 4.79. The van der Waals surface area contributed by atoms with Gasteiger partial charge in [0.2, 0.25) is 5.91 Å². The third-order valence-corrected chi connectivity index (χ3v) is 4.79. The number of rotatable bonds is 6. The average Bonchev–Trinajstić information content (AvgIpc) is 3.09. The van der Waals surface area contributed by atoms with Gasteiger partial charge in [0.25, 0.3) is 0 Å². The van der Waals surface area contributed by atoms with Gasteiger partial charge < -0.3 is 15.2 Å². The summed E-state index contributed by atoms with van der Waals surface area (Å²) in [7, 11) is 3.35. The van der Waals surface area contributed by atoms with E-state index in [1.165, 1.54) is 11.1 Å². The van der Waals surface area contributed by atoms with E-state index < -0.39 is 5.91 Å². The van der Waals surface area contributed by atoms with Crippen molar-refractivity contribution in [2.45, 2.75) is 25.4 Å². The molecule has 2 aromatic rings. The van der Waals surface area contributed by atoms with Gasteiger partial charge in [0.1, 0.15) is 11.5 Å². The minimum atomic E-state index is -0.395. The van der Waals surface area contributed by atoms with Crippen molar-refractivity contribution in [2.24, 2.45) is 5.73 Å². The number of benzene rings is 2. The van der Waals surface area contributed by atoms with Crippen LogP contribution in [-0.4, -0.2) is 31.6 Å². The van der Waals surface area contributed by atoms with Crippen LogP contribution in [0, 0.1) is 0 Å². The molecule has 3 rings (SSSR count). The Morgan fingerprint density at radius 1 is 1.16 bits per heavy atom. The molecule has 0 bridgehead atoms. The third kappa shape index (κ3) is 3.77. The Bertz CT molecular complexity index is 743. The highest BCUT2D eigenvalue weighted by molar-refractivity contribution is 5.92. The smallest absolute Gasteiger partial charge is 0.248 e. The lowest BCUT2D eigenvalue weighted by Gasteiger charge is -2.26. The van der Waals surface area contributed by atoms with Crippen molar-refractivity contribution >= 4 is 5.91 Å². The van der Waals surface area contributed by atoms with Gasteiger partial charge in [-0.05, 0) is 43.1 Å². The van der Waals surface area contributed by atoms with Crippen LogP contribution < -0.4 is 15.2 Å². The van der Waals surface area contributed by atoms with Gasteiger partial charge in [-0.3, -0.25) is 9.69 Å². The summed E-state index contributed by atoms with van der Waals surface area (Å²) < 4.78 is 10.9. The van der Waals surface area contributed by atoms with Crippen LogP contribution in [0.1, 0.15) is 40.4 Å². The van der Waals surface area contributed by atoms with Crippen LogP contribution in [0.15, 0.2) is 42.5 Å². The second kappa shape index (κ2) is 7.57. The zero-order valence-corrected chi connectivity index (χ0v) is 14.7. The lowest BCUT2D eigenvalue weighted by atomic mass is 10.0. The molecule has 1 fully saturated rings. The molecule has 5 nitrogen and oxygen atoms in total. The van der Waals surface area contributed by atoms with Crippen molar-refractivity contribution in [3.8, 4) is 11.5 Å². The van der Waals surface area contributed by atoms with E-state index in [-0.39, 0.29) is 0 Å². The number of nitrogens with zero attached hydrogens (tertiary/aromatic N) is 1. The Labute approximate surface area is 148 Å². The van der Waals surface area contributed by atoms with Crippen molar-refractivity contribution in [3.05, 3.63) is 59.2 Å². The van der Waals surface area contributed by atoms with Gasteiger partial charge in [-0.15, -0.1) is 0 Å². The zero-order valence-electron chi connectivity index (χ0n) is 14.7. The minimum absolute atomic E-state index is 0.316. The maximum Gasteiger partial charge on any atom is 0.248 e. The number of nitrogens with two attached hydrogens (primary N) is 1. The van der Waals surface area contributed by atoms with E-state index in [9.17, 15) is 4.79 Å². The fraction of sp³-hybridized carbons (Fsp3) is 0.350. The lowest BCUT2D eigenvalue weighted by Crippen LogP contribution is -2.23. The standard InChI is InChI=1S/C20H24N2O3/c1-24-16-9-10-17(19(12-16)25-2)18-4-3-11-22(18)13-14-5-7-15(8-6-14)20(21)23/h5-10,12,18H,3-4,11,13H2,1-2H3,(H2,21,23). The van der Waals surface area contributed by atoms with Crippen LogP contribution >= 0.6 is 0 Å². The predicted molar refractivity (Wildman–Crippen MR) is 96.9 cm³/mol. The van der Waals surface area contributed by atoms with Crippen molar-refractivity contribution in [1.82, 2.24) is 4.90 Å². The molecular weight excluding hydrogens is 316 g/mol. The van der Waals surface area contributed by atoms with E-state index in [2.05, 4.69) is 11.0 Å². The van der Waals surface area contributed by atoms with Crippen molar-refractivity contribution < 1.29 is 14.3 Å². The van der Waals surface area contributed by atoms with Crippen LogP contribution in [0.25, 0.3) is 0 Å². The Kier molecular flexibility index (Phi) is 5.24. The van der Waals surface area contributed by atoms with Crippen LogP contribution in [-0.2, 0) is 6.54 Å². The van der Waals surface area contributed by atoms with E-state index in [4.69, 9.17) is 15.2 Å². The molecule has 0 radical (unpaired) electrons. The SMILES string of the molecule is COc1ccc(C2CCCN2Cc2ccc(C(N)=O)cc2)c(OC)c1. The molecule has 0 aromatic heterocycles. The summed E-state index contributed by atoms with van der Waals surface area (Å²) in [5.74, 6) is 1.26. The Morgan fingerprint density at radius 3 is 2.56 bits per heavy atom. The predicted octanol–water partition coefficient (Wildman–Crippen LogP) is 3.14. The number of primary amides is 1. The highest BCUT2D eigenvalue weighted by Crippen LogP contribution is 2.39. The first-order valence-corrected chi connectivity index (χ1v) is 8.47. The lowest BCUT2D eigenvalue weighted by molar-refractivity contribution is 0.1000. The maximum atomic E-state index is 11.2. The molecule has 132 valence electrons. The summed E-state index contributed by atoms with van der Waals surface area (Å²) in [6.07, 6.45) is 2.25. The van der Waals surface area contributed by atoms with Gasteiger partial charge in [0.05, 0.1) is 14.2 Å². The number of carbonyl (C=O) groups excluding carboxylic acids is 1. The topological polar surface area (TPSA) is 64.8 Å². The number of likely N-dealkylation sites (tertiary alicyclic amines) is 1. The molecule has 0 saturated carbocycles. The summed E-state index contributed by atoms with van der Waals surface area (Å²) >= 11 is 0. The molecule has 0 spiro atoms. The fourth-order valence-electron chi connectivity index (χ4n) is 3.47. The first kappa shape index (κ1) is 17.3. The Hall–Kier alpha value is -2.53. The van der Waals surface area contributed by atoms with E-state index in [0.29, 0.717) is 11.6 Å². The average molecular weight is 340 g/mol. The largest absolute Gasteiger partial charge is 0.497 e. The van der Waals surface area contributed by atoms with E-state index in [1.54, 1.807) is 26.4 Å². The molecule has 1 amide bonds. The molecule has 2 aromatic carbocycles. The number of hydrogen-bond donors (Lipinski definition) is 1. The molecule has 1 heterocycles. The monoisotopic (exact) mass is 340 g/mol. The van der Waals surface area contributed by atoms with Crippen LogP contribution in [0.2, 0.25) is 0 Å². The van der Waals surface area contributed by atoms with E-state index in [1.807, 2.05) is 24.3 Å². The molecule has 2 N–H and O–H groups in total. The number of hydrogen-bond acceptors (Lipinski definition) is 4. The summed E-state index contributed by atoms with van der Waals surface area (Å²) in [5, 5.41) is 0. The molecule has 1 aliphatic rings. The first-order valence-electron chi connectivity index (χ1n) is 8.47.